The smallest absolute Gasteiger partial charge is 0.309 e. The second-order valence-corrected chi connectivity index (χ2v) is 4.59. The molecule has 1 aromatic carbocycles. The van der Waals surface area contributed by atoms with Gasteiger partial charge in [0.25, 0.3) is 5.69 Å². The summed E-state index contributed by atoms with van der Waals surface area (Å²) in [7, 11) is 0. The molecule has 1 aromatic rings. The zero-order valence-corrected chi connectivity index (χ0v) is 9.47. The molecule has 0 amide bonds. The van der Waals surface area contributed by atoms with E-state index in [9.17, 15) is 14.9 Å². The van der Waals surface area contributed by atoms with Crippen molar-refractivity contribution in [3.63, 3.8) is 0 Å². The number of nitro groups is 1. The van der Waals surface area contributed by atoms with Crippen LogP contribution in [0.25, 0.3) is 0 Å². The highest BCUT2D eigenvalue weighted by molar-refractivity contribution is 5.78. The molecule has 5 nitrogen and oxygen atoms in total. The molecule has 0 aromatic heterocycles. The van der Waals surface area contributed by atoms with Crippen molar-refractivity contribution in [3.05, 3.63) is 39.4 Å². The average molecular weight is 235 g/mol. The fourth-order valence-electron chi connectivity index (χ4n) is 2.04. The van der Waals surface area contributed by atoms with Gasteiger partial charge < -0.3 is 5.11 Å². The summed E-state index contributed by atoms with van der Waals surface area (Å²) in [5, 5.41) is 20.0. The molecular formula is C12H13NO4. The zero-order chi connectivity index (χ0) is 12.6. The molecule has 1 saturated carbocycles. The minimum absolute atomic E-state index is 0.0255. The van der Waals surface area contributed by atoms with Crippen LogP contribution in [-0.2, 0) is 11.2 Å². The fraction of sp³-hybridized carbons (Fsp3) is 0.417. The number of rotatable bonds is 4. The number of benzene rings is 1. The lowest BCUT2D eigenvalue weighted by Gasteiger charge is -2.12. The molecule has 90 valence electrons. The van der Waals surface area contributed by atoms with Crippen LogP contribution in [0.15, 0.2) is 18.2 Å². The summed E-state index contributed by atoms with van der Waals surface area (Å²) in [6.07, 6.45) is 1.47. The van der Waals surface area contributed by atoms with Gasteiger partial charge >= 0.3 is 5.97 Å². The largest absolute Gasteiger partial charge is 0.481 e. The SMILES string of the molecule is Cc1cccc([N+](=O)[O-])c1CC1(C(=O)O)CC1. The van der Waals surface area contributed by atoms with Crippen LogP contribution in [0.4, 0.5) is 5.69 Å². The molecule has 0 radical (unpaired) electrons. The van der Waals surface area contributed by atoms with Crippen molar-refractivity contribution in [2.24, 2.45) is 5.41 Å². The van der Waals surface area contributed by atoms with Gasteiger partial charge in [-0.2, -0.15) is 0 Å². The summed E-state index contributed by atoms with van der Waals surface area (Å²) in [4.78, 5) is 21.6. The number of hydrogen-bond acceptors (Lipinski definition) is 3. The van der Waals surface area contributed by atoms with Gasteiger partial charge in [-0.3, -0.25) is 14.9 Å². The Kier molecular flexibility index (Phi) is 2.61. The van der Waals surface area contributed by atoms with E-state index in [2.05, 4.69) is 0 Å². The lowest BCUT2D eigenvalue weighted by molar-refractivity contribution is -0.385. The third-order valence-electron chi connectivity index (χ3n) is 3.40. The third-order valence-corrected chi connectivity index (χ3v) is 3.40. The summed E-state index contributed by atoms with van der Waals surface area (Å²) in [5.74, 6) is -0.852. The van der Waals surface area contributed by atoms with Gasteiger partial charge in [0.05, 0.1) is 10.3 Å². The molecule has 1 fully saturated rings. The van der Waals surface area contributed by atoms with Crippen molar-refractivity contribution in [2.45, 2.75) is 26.2 Å². The molecule has 0 spiro atoms. The number of carboxylic acids is 1. The van der Waals surface area contributed by atoms with Gasteiger partial charge in [-0.15, -0.1) is 0 Å². The van der Waals surface area contributed by atoms with E-state index >= 15 is 0 Å². The maximum Gasteiger partial charge on any atom is 0.309 e. The first-order valence-corrected chi connectivity index (χ1v) is 5.42. The van der Waals surface area contributed by atoms with Crippen molar-refractivity contribution >= 4 is 11.7 Å². The van der Waals surface area contributed by atoms with E-state index in [0.29, 0.717) is 18.4 Å². The first-order valence-electron chi connectivity index (χ1n) is 5.42. The summed E-state index contributed by atoms with van der Waals surface area (Å²) >= 11 is 0. The molecule has 1 aliphatic carbocycles. The van der Waals surface area contributed by atoms with E-state index in [0.717, 1.165) is 5.56 Å². The normalized spacial score (nSPS) is 16.5. The molecule has 1 aliphatic rings. The predicted octanol–water partition coefficient (Wildman–Crippen LogP) is 2.31. The first kappa shape index (κ1) is 11.6. The van der Waals surface area contributed by atoms with Crippen LogP contribution in [0.3, 0.4) is 0 Å². The van der Waals surface area contributed by atoms with Crippen molar-refractivity contribution in [1.82, 2.24) is 0 Å². The Hall–Kier alpha value is -1.91. The van der Waals surface area contributed by atoms with Crippen LogP contribution in [0.5, 0.6) is 0 Å². The standard InChI is InChI=1S/C12H13NO4/c1-8-3-2-4-10(13(16)17)9(8)7-12(5-6-12)11(14)15/h2-4H,5-7H2,1H3,(H,14,15). The summed E-state index contributed by atoms with van der Waals surface area (Å²) in [6, 6.07) is 4.83. The molecule has 0 heterocycles. The van der Waals surface area contributed by atoms with Crippen LogP contribution in [0.1, 0.15) is 24.0 Å². The Morgan fingerprint density at radius 1 is 1.53 bits per heavy atom. The highest BCUT2D eigenvalue weighted by Crippen LogP contribution is 2.50. The predicted molar refractivity (Wildman–Crippen MR) is 60.8 cm³/mol. The van der Waals surface area contributed by atoms with Crippen LogP contribution in [0, 0.1) is 22.5 Å². The Bertz CT molecular complexity index is 491. The average Bonchev–Trinajstić information content (AvgIpc) is 3.01. The van der Waals surface area contributed by atoms with Gasteiger partial charge in [0, 0.05) is 11.6 Å². The summed E-state index contributed by atoms with van der Waals surface area (Å²) in [6.45, 7) is 1.78. The zero-order valence-electron chi connectivity index (χ0n) is 9.47. The topological polar surface area (TPSA) is 80.4 Å². The van der Waals surface area contributed by atoms with Crippen LogP contribution in [0.2, 0.25) is 0 Å². The summed E-state index contributed by atoms with van der Waals surface area (Å²) < 4.78 is 0. The second-order valence-electron chi connectivity index (χ2n) is 4.59. The van der Waals surface area contributed by atoms with Gasteiger partial charge in [-0.1, -0.05) is 12.1 Å². The van der Waals surface area contributed by atoms with Gasteiger partial charge in [0.2, 0.25) is 0 Å². The quantitative estimate of drug-likeness (QED) is 0.641. The maximum absolute atomic E-state index is 11.1. The van der Waals surface area contributed by atoms with Crippen LogP contribution < -0.4 is 0 Å². The number of nitro benzene ring substituents is 1. The molecule has 0 saturated heterocycles. The number of carboxylic acid groups (broad SMARTS) is 1. The lowest BCUT2D eigenvalue weighted by atomic mass is 9.92. The number of aryl methyl sites for hydroxylation is 1. The molecule has 0 aliphatic heterocycles. The molecular weight excluding hydrogens is 222 g/mol. The van der Waals surface area contributed by atoms with E-state index in [1.54, 1.807) is 19.1 Å². The van der Waals surface area contributed by atoms with E-state index in [-0.39, 0.29) is 12.1 Å². The van der Waals surface area contributed by atoms with E-state index in [1.807, 2.05) is 0 Å². The number of hydrogen-bond donors (Lipinski definition) is 1. The Balaban J connectivity index is 2.38. The van der Waals surface area contributed by atoms with Crippen molar-refractivity contribution in [2.75, 3.05) is 0 Å². The minimum atomic E-state index is -0.852. The van der Waals surface area contributed by atoms with Crippen molar-refractivity contribution < 1.29 is 14.8 Å². The van der Waals surface area contributed by atoms with E-state index in [1.165, 1.54) is 6.07 Å². The number of nitrogens with zero attached hydrogens (tertiary/aromatic N) is 1. The number of carbonyl (C=O) groups is 1. The maximum atomic E-state index is 11.1. The molecule has 0 unspecified atom stereocenters. The van der Waals surface area contributed by atoms with Crippen LogP contribution >= 0.6 is 0 Å². The van der Waals surface area contributed by atoms with E-state index in [4.69, 9.17) is 5.11 Å². The van der Waals surface area contributed by atoms with Gasteiger partial charge in [-0.05, 0) is 31.7 Å². The fourth-order valence-corrected chi connectivity index (χ4v) is 2.04. The van der Waals surface area contributed by atoms with Gasteiger partial charge in [0.1, 0.15) is 0 Å². The Morgan fingerprint density at radius 2 is 2.18 bits per heavy atom. The highest BCUT2D eigenvalue weighted by atomic mass is 16.6. The minimum Gasteiger partial charge on any atom is -0.481 e. The Morgan fingerprint density at radius 3 is 2.65 bits per heavy atom. The van der Waals surface area contributed by atoms with Crippen LogP contribution in [-0.4, -0.2) is 16.0 Å². The third kappa shape index (κ3) is 2.00. The molecule has 1 N–H and O–H groups in total. The molecule has 0 bridgehead atoms. The number of aliphatic carboxylic acids is 1. The second kappa shape index (κ2) is 3.84. The Labute approximate surface area is 98.2 Å². The lowest BCUT2D eigenvalue weighted by Crippen LogP contribution is -2.18. The highest BCUT2D eigenvalue weighted by Gasteiger charge is 2.51. The monoisotopic (exact) mass is 235 g/mol. The van der Waals surface area contributed by atoms with Crippen molar-refractivity contribution in [1.29, 1.82) is 0 Å². The van der Waals surface area contributed by atoms with Crippen molar-refractivity contribution in [3.8, 4) is 0 Å². The van der Waals surface area contributed by atoms with E-state index < -0.39 is 16.3 Å². The van der Waals surface area contributed by atoms with Gasteiger partial charge in [0.15, 0.2) is 0 Å². The molecule has 17 heavy (non-hydrogen) atoms. The molecule has 2 rings (SSSR count). The molecule has 5 heteroatoms. The molecule has 0 atom stereocenters. The first-order chi connectivity index (χ1) is 7.96. The van der Waals surface area contributed by atoms with Gasteiger partial charge in [-0.25, -0.2) is 0 Å². The summed E-state index contributed by atoms with van der Waals surface area (Å²) in [5.41, 5.74) is 0.596.